The molecular weight excluding hydrogens is 415 g/mol. The minimum absolute atomic E-state index is 1.14. The van der Waals surface area contributed by atoms with Gasteiger partial charge in [0.05, 0.1) is 13.2 Å². The van der Waals surface area contributed by atoms with E-state index in [0.717, 1.165) is 0 Å². The normalized spacial score (nSPS) is 50.5. The largest absolute Gasteiger partial charge is 0.469 e. The number of aliphatic hydroxyl groups excluding tert-OH is 8. The predicted octanol–water partition coefficient (Wildman–Crippen LogP) is -6.57. The Morgan fingerprint density at radius 2 is 1.39 bits per heavy atom. The summed E-state index contributed by atoms with van der Waals surface area (Å²) >= 11 is 0. The van der Waals surface area contributed by atoms with Gasteiger partial charge in [-0.2, -0.15) is 0 Å². The molecule has 1 unspecified atom stereocenters. The fourth-order valence-electron chi connectivity index (χ4n) is 3.19. The predicted molar refractivity (Wildman–Crippen MR) is 80.8 cm³/mol. The zero-order chi connectivity index (χ0) is 21.7. The SMILES string of the molecule is O=P(O)(O)OC[C@H]1O[C@](O)([C@]2(CO)OC(O)[C@H](O)[C@@H](O)[C@@H]2O)[C@H](O)[C@@H](O)[C@@H]1O. The lowest BCUT2D eigenvalue weighted by Gasteiger charge is -2.57. The van der Waals surface area contributed by atoms with Crippen LogP contribution in [0.4, 0.5) is 0 Å². The Bertz CT molecular complexity index is 600. The molecule has 0 aromatic heterocycles. The van der Waals surface area contributed by atoms with E-state index in [4.69, 9.17) is 19.3 Å². The summed E-state index contributed by atoms with van der Waals surface area (Å²) in [6.45, 7) is -2.60. The molecule has 0 spiro atoms. The molecule has 2 aliphatic rings. The monoisotopic (exact) mass is 438 g/mol. The summed E-state index contributed by atoms with van der Waals surface area (Å²) in [5.74, 6) is -3.37. The van der Waals surface area contributed by atoms with E-state index in [2.05, 4.69) is 4.52 Å². The smallest absolute Gasteiger partial charge is 0.393 e. The highest BCUT2D eigenvalue weighted by molar-refractivity contribution is 7.46. The van der Waals surface area contributed by atoms with Crippen molar-refractivity contribution in [2.24, 2.45) is 0 Å². The molecule has 166 valence electrons. The molecule has 2 aliphatic heterocycles. The van der Waals surface area contributed by atoms with Crippen LogP contribution in [0.1, 0.15) is 0 Å². The maximum absolute atomic E-state index is 10.9. The van der Waals surface area contributed by atoms with E-state index < -0.39 is 81.4 Å². The second kappa shape index (κ2) is 8.07. The van der Waals surface area contributed by atoms with Gasteiger partial charge in [0.15, 0.2) is 11.9 Å². The van der Waals surface area contributed by atoms with Gasteiger partial charge >= 0.3 is 7.82 Å². The highest BCUT2D eigenvalue weighted by Gasteiger charge is 2.71. The lowest BCUT2D eigenvalue weighted by atomic mass is 9.74. The molecule has 0 aromatic carbocycles. The summed E-state index contributed by atoms with van der Waals surface area (Å²) in [6.07, 6.45) is -17.9. The number of rotatable bonds is 5. The molecule has 0 aromatic rings. The van der Waals surface area contributed by atoms with Gasteiger partial charge in [-0.15, -0.1) is 0 Å². The molecule has 0 amide bonds. The average molecular weight is 438 g/mol. The summed E-state index contributed by atoms with van der Waals surface area (Å²) in [5, 5.41) is 90.1. The highest BCUT2D eigenvalue weighted by atomic mass is 31.2. The molecule has 2 fully saturated rings. The van der Waals surface area contributed by atoms with Gasteiger partial charge in [0.25, 0.3) is 0 Å². The van der Waals surface area contributed by atoms with Crippen molar-refractivity contribution in [1.29, 1.82) is 0 Å². The Hall–Kier alpha value is -0.330. The highest BCUT2D eigenvalue weighted by Crippen LogP contribution is 2.45. The molecule has 28 heavy (non-hydrogen) atoms. The van der Waals surface area contributed by atoms with Crippen LogP contribution in [0.25, 0.3) is 0 Å². The Labute approximate surface area is 156 Å². The Morgan fingerprint density at radius 1 is 0.857 bits per heavy atom. The summed E-state index contributed by atoms with van der Waals surface area (Å²) in [5.41, 5.74) is -2.98. The van der Waals surface area contributed by atoms with E-state index in [1.54, 1.807) is 0 Å². The molecule has 0 radical (unpaired) electrons. The zero-order valence-electron chi connectivity index (χ0n) is 14.0. The van der Waals surface area contributed by atoms with Crippen molar-refractivity contribution in [2.75, 3.05) is 13.2 Å². The van der Waals surface area contributed by atoms with E-state index in [9.17, 15) is 50.5 Å². The van der Waals surface area contributed by atoms with Gasteiger partial charge in [0, 0.05) is 0 Å². The number of hydrogen-bond donors (Lipinski definition) is 11. The van der Waals surface area contributed by atoms with Crippen molar-refractivity contribution in [3.05, 3.63) is 0 Å². The van der Waals surface area contributed by atoms with Crippen molar-refractivity contribution in [3.63, 3.8) is 0 Å². The van der Waals surface area contributed by atoms with Crippen LogP contribution in [0.5, 0.6) is 0 Å². The molecule has 0 aliphatic carbocycles. The zero-order valence-corrected chi connectivity index (χ0v) is 14.9. The van der Waals surface area contributed by atoms with Gasteiger partial charge in [0.2, 0.25) is 5.79 Å². The number of hydrogen-bond acceptors (Lipinski definition) is 13. The maximum Gasteiger partial charge on any atom is 0.469 e. The van der Waals surface area contributed by atoms with E-state index in [-0.39, 0.29) is 0 Å². The summed E-state index contributed by atoms with van der Waals surface area (Å²) in [4.78, 5) is 17.5. The second-order valence-electron chi connectivity index (χ2n) is 6.55. The van der Waals surface area contributed by atoms with Crippen LogP contribution in [0.15, 0.2) is 0 Å². The van der Waals surface area contributed by atoms with E-state index >= 15 is 0 Å². The van der Waals surface area contributed by atoms with Crippen LogP contribution < -0.4 is 0 Å². The standard InChI is InChI=1S/C12H23O15P/c13-2-11(8(18)6(16)7(17)10(20)27-11)12(21)9(19)5(15)4(14)3(26-12)1-25-28(22,23)24/h3-10,13-21H,1-2H2,(H2,22,23,24)/t3-,4-,5+,6-,7-,8+,9-,10?,11-,12+/m1/s1. The van der Waals surface area contributed by atoms with Gasteiger partial charge in [-0.3, -0.25) is 4.52 Å². The number of phosphoric ester groups is 1. The molecule has 11 N–H and O–H groups in total. The van der Waals surface area contributed by atoms with Gasteiger partial charge in [-0.25, -0.2) is 4.57 Å². The first-order valence-corrected chi connectivity index (χ1v) is 9.40. The molecule has 15 nitrogen and oxygen atoms in total. The van der Waals surface area contributed by atoms with E-state index in [1.807, 2.05) is 0 Å². The third-order valence-electron chi connectivity index (χ3n) is 4.81. The second-order valence-corrected chi connectivity index (χ2v) is 7.79. The number of phosphoric acid groups is 1. The molecule has 0 bridgehead atoms. The first kappa shape index (κ1) is 23.9. The Morgan fingerprint density at radius 3 is 1.89 bits per heavy atom. The summed E-state index contributed by atoms with van der Waals surface area (Å²) < 4.78 is 24.8. The Balaban J connectivity index is 2.44. The Kier molecular flexibility index (Phi) is 6.90. The van der Waals surface area contributed by atoms with E-state index in [1.165, 1.54) is 0 Å². The molecule has 10 atom stereocenters. The topological polar surface area (TPSA) is 267 Å². The number of ether oxygens (including phenoxy) is 2. The van der Waals surface area contributed by atoms with Crippen LogP contribution >= 0.6 is 7.82 Å². The van der Waals surface area contributed by atoms with Gasteiger partial charge in [-0.1, -0.05) is 0 Å². The summed E-state index contributed by atoms with van der Waals surface area (Å²) in [6, 6.07) is 0. The maximum atomic E-state index is 10.9. The van der Waals surface area contributed by atoms with Crippen molar-refractivity contribution in [1.82, 2.24) is 0 Å². The first-order chi connectivity index (χ1) is 12.7. The van der Waals surface area contributed by atoms with Gasteiger partial charge in [0.1, 0.15) is 42.7 Å². The molecule has 2 heterocycles. The molecular formula is C12H23O15P. The van der Waals surface area contributed by atoms with Gasteiger partial charge < -0.3 is 65.2 Å². The van der Waals surface area contributed by atoms with Crippen molar-refractivity contribution >= 4 is 7.82 Å². The van der Waals surface area contributed by atoms with Crippen LogP contribution in [0, 0.1) is 0 Å². The molecule has 2 saturated heterocycles. The minimum atomic E-state index is -5.09. The summed E-state index contributed by atoms with van der Waals surface area (Å²) in [7, 11) is -5.09. The lowest BCUT2D eigenvalue weighted by molar-refractivity contribution is -0.456. The minimum Gasteiger partial charge on any atom is -0.393 e. The molecule has 16 heteroatoms. The fraction of sp³-hybridized carbons (Fsp3) is 1.00. The van der Waals surface area contributed by atoms with Crippen molar-refractivity contribution < 1.29 is 74.3 Å². The molecule has 0 saturated carbocycles. The van der Waals surface area contributed by atoms with E-state index in [0.29, 0.717) is 0 Å². The van der Waals surface area contributed by atoms with Crippen LogP contribution in [-0.2, 0) is 18.6 Å². The van der Waals surface area contributed by atoms with Crippen molar-refractivity contribution in [2.45, 2.75) is 60.4 Å². The van der Waals surface area contributed by atoms with Crippen LogP contribution in [0.2, 0.25) is 0 Å². The molecule has 2 rings (SSSR count). The third-order valence-corrected chi connectivity index (χ3v) is 5.29. The van der Waals surface area contributed by atoms with Gasteiger partial charge in [-0.05, 0) is 0 Å². The van der Waals surface area contributed by atoms with Crippen LogP contribution in [-0.4, -0.2) is 129 Å². The van der Waals surface area contributed by atoms with Crippen molar-refractivity contribution in [3.8, 4) is 0 Å². The third kappa shape index (κ3) is 3.85. The lowest BCUT2D eigenvalue weighted by Crippen LogP contribution is -2.82. The first-order valence-electron chi connectivity index (χ1n) is 7.87. The van der Waals surface area contributed by atoms with Crippen LogP contribution in [0.3, 0.4) is 0 Å². The quantitative estimate of drug-likeness (QED) is 0.178. The average Bonchev–Trinajstić information content (AvgIpc) is 2.62. The fourth-order valence-corrected chi connectivity index (χ4v) is 3.53. The number of aliphatic hydroxyl groups is 9.